The van der Waals surface area contributed by atoms with E-state index < -0.39 is 5.91 Å². The molecule has 14 heavy (non-hydrogen) atoms. The molecule has 0 fully saturated rings. The van der Waals surface area contributed by atoms with Crippen LogP contribution >= 0.6 is 0 Å². The summed E-state index contributed by atoms with van der Waals surface area (Å²) in [7, 11) is 0. The third kappa shape index (κ3) is 1.26. The average molecular weight is 188 g/mol. The van der Waals surface area contributed by atoms with Gasteiger partial charge in [0.15, 0.2) is 0 Å². The van der Waals surface area contributed by atoms with Gasteiger partial charge in [-0.25, -0.2) is 0 Å². The summed E-state index contributed by atoms with van der Waals surface area (Å²) in [5, 5.41) is 11.0. The van der Waals surface area contributed by atoms with Crippen LogP contribution in [0.5, 0.6) is 5.75 Å². The van der Waals surface area contributed by atoms with Crippen molar-refractivity contribution in [3.05, 3.63) is 36.2 Å². The minimum absolute atomic E-state index is 0.113. The van der Waals surface area contributed by atoms with E-state index in [1.807, 2.05) is 0 Å². The minimum Gasteiger partial charge on any atom is -0.507 e. The van der Waals surface area contributed by atoms with Crippen molar-refractivity contribution in [2.45, 2.75) is 0 Å². The van der Waals surface area contributed by atoms with E-state index in [0.717, 1.165) is 10.8 Å². The van der Waals surface area contributed by atoms with E-state index in [9.17, 15) is 9.90 Å². The normalized spacial score (nSPS) is 10.3. The number of amides is 1. The number of hydrogen-bond acceptors (Lipinski definition) is 3. The van der Waals surface area contributed by atoms with Gasteiger partial charge in [0.2, 0.25) is 0 Å². The molecule has 4 heteroatoms. The van der Waals surface area contributed by atoms with Crippen molar-refractivity contribution in [2.24, 2.45) is 5.73 Å². The zero-order valence-electron chi connectivity index (χ0n) is 7.27. The number of pyridine rings is 1. The Morgan fingerprint density at radius 3 is 2.86 bits per heavy atom. The number of nitrogens with zero attached hydrogens (tertiary/aromatic N) is 1. The molecule has 0 saturated heterocycles. The Morgan fingerprint density at radius 1 is 1.36 bits per heavy atom. The summed E-state index contributed by atoms with van der Waals surface area (Å²) >= 11 is 0. The monoisotopic (exact) mass is 188 g/mol. The van der Waals surface area contributed by atoms with Crippen LogP contribution in [0.1, 0.15) is 10.4 Å². The van der Waals surface area contributed by atoms with Crippen molar-refractivity contribution < 1.29 is 9.90 Å². The van der Waals surface area contributed by atoms with Crippen molar-refractivity contribution >= 4 is 16.7 Å². The number of primary amides is 1. The van der Waals surface area contributed by atoms with Gasteiger partial charge in [0.25, 0.3) is 5.91 Å². The molecule has 0 spiro atoms. The van der Waals surface area contributed by atoms with Gasteiger partial charge in [0.1, 0.15) is 5.75 Å². The predicted octanol–water partition coefficient (Wildman–Crippen LogP) is 1.04. The first-order chi connectivity index (χ1) is 6.68. The maximum absolute atomic E-state index is 10.9. The lowest BCUT2D eigenvalue weighted by Gasteiger charge is -2.02. The van der Waals surface area contributed by atoms with Crippen LogP contribution in [0.25, 0.3) is 10.8 Å². The largest absolute Gasteiger partial charge is 0.507 e. The molecular formula is C10H8N2O2. The van der Waals surface area contributed by atoms with E-state index in [0.29, 0.717) is 0 Å². The van der Waals surface area contributed by atoms with Crippen LogP contribution in [0.4, 0.5) is 0 Å². The summed E-state index contributed by atoms with van der Waals surface area (Å²) in [5.41, 5.74) is 5.22. The molecule has 2 rings (SSSR count). The molecule has 1 aromatic carbocycles. The summed E-state index contributed by atoms with van der Waals surface area (Å²) in [6.45, 7) is 0. The van der Waals surface area contributed by atoms with Gasteiger partial charge in [-0.05, 0) is 23.6 Å². The fourth-order valence-electron chi connectivity index (χ4n) is 1.32. The number of phenols is 1. The zero-order chi connectivity index (χ0) is 10.1. The second-order valence-corrected chi connectivity index (χ2v) is 2.96. The fraction of sp³-hybridized carbons (Fsp3) is 0. The Balaban J connectivity index is 2.77. The quantitative estimate of drug-likeness (QED) is 0.701. The summed E-state index contributed by atoms with van der Waals surface area (Å²) in [5.74, 6) is -0.751. The van der Waals surface area contributed by atoms with E-state index >= 15 is 0 Å². The molecule has 2 aromatic rings. The molecule has 0 unspecified atom stereocenters. The molecule has 1 aromatic heterocycles. The smallest absolute Gasteiger partial charge is 0.252 e. The highest BCUT2D eigenvalue weighted by Crippen LogP contribution is 2.23. The summed E-state index contributed by atoms with van der Waals surface area (Å²) in [6, 6.07) is 4.78. The molecule has 0 aliphatic heterocycles. The first-order valence-electron chi connectivity index (χ1n) is 4.05. The zero-order valence-corrected chi connectivity index (χ0v) is 7.27. The number of carbonyl (C=O) groups is 1. The average Bonchev–Trinajstić information content (AvgIpc) is 2.16. The lowest BCUT2D eigenvalue weighted by atomic mass is 10.1. The lowest BCUT2D eigenvalue weighted by molar-refractivity contribution is 0.0998. The molecule has 0 aliphatic carbocycles. The van der Waals surface area contributed by atoms with Crippen LogP contribution in [0.15, 0.2) is 30.6 Å². The van der Waals surface area contributed by atoms with Crippen molar-refractivity contribution in [3.63, 3.8) is 0 Å². The number of rotatable bonds is 1. The van der Waals surface area contributed by atoms with E-state index in [1.54, 1.807) is 24.5 Å². The number of carbonyl (C=O) groups excluding carboxylic acids is 1. The summed E-state index contributed by atoms with van der Waals surface area (Å²) in [6.07, 6.45) is 3.23. The minimum atomic E-state index is -0.638. The molecule has 70 valence electrons. The molecule has 1 amide bonds. The first kappa shape index (κ1) is 8.50. The number of aromatic hydroxyl groups is 1. The van der Waals surface area contributed by atoms with Gasteiger partial charge in [-0.2, -0.15) is 0 Å². The Morgan fingerprint density at radius 2 is 2.14 bits per heavy atom. The van der Waals surface area contributed by atoms with E-state index in [1.165, 1.54) is 6.07 Å². The van der Waals surface area contributed by atoms with Gasteiger partial charge < -0.3 is 10.8 Å². The maximum atomic E-state index is 10.9. The van der Waals surface area contributed by atoms with Gasteiger partial charge in [-0.1, -0.05) is 0 Å². The van der Waals surface area contributed by atoms with E-state index in [2.05, 4.69) is 4.98 Å². The van der Waals surface area contributed by atoms with Crippen LogP contribution in [0.2, 0.25) is 0 Å². The number of hydrogen-bond donors (Lipinski definition) is 2. The molecule has 0 atom stereocenters. The molecular weight excluding hydrogens is 180 g/mol. The van der Waals surface area contributed by atoms with Crippen molar-refractivity contribution in [2.75, 3.05) is 0 Å². The van der Waals surface area contributed by atoms with Crippen LogP contribution in [0.3, 0.4) is 0 Å². The van der Waals surface area contributed by atoms with Crippen molar-refractivity contribution in [3.8, 4) is 5.75 Å². The third-order valence-electron chi connectivity index (χ3n) is 2.02. The van der Waals surface area contributed by atoms with Crippen LogP contribution in [-0.2, 0) is 0 Å². The van der Waals surface area contributed by atoms with E-state index in [4.69, 9.17) is 5.73 Å². The van der Waals surface area contributed by atoms with Gasteiger partial charge in [0, 0.05) is 17.8 Å². The highest BCUT2D eigenvalue weighted by Gasteiger charge is 2.08. The predicted molar refractivity (Wildman–Crippen MR) is 51.9 cm³/mol. The highest BCUT2D eigenvalue weighted by atomic mass is 16.3. The molecule has 3 N–H and O–H groups in total. The number of nitrogens with two attached hydrogens (primary N) is 1. The summed E-state index contributed by atoms with van der Waals surface area (Å²) < 4.78 is 0. The second kappa shape index (κ2) is 2.99. The van der Waals surface area contributed by atoms with Gasteiger partial charge >= 0.3 is 0 Å². The Kier molecular flexibility index (Phi) is 1.81. The van der Waals surface area contributed by atoms with Gasteiger partial charge in [-0.3, -0.25) is 9.78 Å². The van der Waals surface area contributed by atoms with Crippen LogP contribution in [-0.4, -0.2) is 16.0 Å². The first-order valence-corrected chi connectivity index (χ1v) is 4.05. The third-order valence-corrected chi connectivity index (χ3v) is 2.02. The molecule has 0 saturated carbocycles. The highest BCUT2D eigenvalue weighted by molar-refractivity contribution is 6.00. The SMILES string of the molecule is NC(=O)c1cc2ccncc2cc1O. The Labute approximate surface area is 80.0 Å². The van der Waals surface area contributed by atoms with Crippen LogP contribution < -0.4 is 5.73 Å². The molecule has 0 aliphatic rings. The lowest BCUT2D eigenvalue weighted by Crippen LogP contribution is -2.10. The summed E-state index contributed by atoms with van der Waals surface area (Å²) in [4.78, 5) is 14.8. The standard InChI is InChI=1S/C10H8N2O2/c11-10(14)8-3-6-1-2-12-5-7(6)4-9(8)13/h1-5,13H,(H2,11,14). The van der Waals surface area contributed by atoms with Gasteiger partial charge in [0.05, 0.1) is 5.56 Å². The Hall–Kier alpha value is -2.10. The topological polar surface area (TPSA) is 76.2 Å². The number of benzene rings is 1. The van der Waals surface area contributed by atoms with Crippen molar-refractivity contribution in [1.29, 1.82) is 0 Å². The fourth-order valence-corrected chi connectivity index (χ4v) is 1.32. The van der Waals surface area contributed by atoms with Gasteiger partial charge in [-0.15, -0.1) is 0 Å². The van der Waals surface area contributed by atoms with Crippen LogP contribution in [0, 0.1) is 0 Å². The van der Waals surface area contributed by atoms with Crippen molar-refractivity contribution in [1.82, 2.24) is 4.98 Å². The molecule has 0 bridgehead atoms. The maximum Gasteiger partial charge on any atom is 0.252 e. The molecule has 0 radical (unpaired) electrons. The molecule has 1 heterocycles. The number of fused-ring (bicyclic) bond motifs is 1. The number of aromatic nitrogens is 1. The Bertz CT molecular complexity index is 508. The van der Waals surface area contributed by atoms with E-state index in [-0.39, 0.29) is 11.3 Å². The second-order valence-electron chi connectivity index (χ2n) is 2.96. The molecule has 4 nitrogen and oxygen atoms in total.